The van der Waals surface area contributed by atoms with E-state index in [1.165, 1.54) is 12.5 Å². The van der Waals surface area contributed by atoms with Gasteiger partial charge in [0.15, 0.2) is 0 Å². The summed E-state index contributed by atoms with van der Waals surface area (Å²) in [7, 11) is 0. The maximum Gasteiger partial charge on any atom is 0.326 e. The maximum absolute atomic E-state index is 13.7. The number of carboxylic acid groups (broad SMARTS) is 1. The molecule has 0 aliphatic heterocycles. The first-order chi connectivity index (χ1) is 20.6. The molecule has 0 fully saturated rings. The van der Waals surface area contributed by atoms with E-state index in [0.717, 1.165) is 16.5 Å². The number of aliphatic carboxylic acids is 1. The standard InChI is InChI=1S/C28H39N9O6/c29-10-4-3-7-21(28(42)43)35-27(41)23(12-17-14-32-15-34-17)37-26(40)22(36-25(39)19(30)8-9-24(31)38)11-16-13-33-20-6-2-1-5-18(16)20/h1-2,5-6,13-15,19,21-23,33H,3-4,7-12,29-30H2,(H2,31,38)(H,32,34)(H,35,41)(H,36,39)(H,37,40)(H,42,43). The van der Waals surface area contributed by atoms with E-state index >= 15 is 0 Å². The third-order valence-electron chi connectivity index (χ3n) is 6.94. The smallest absolute Gasteiger partial charge is 0.326 e. The zero-order chi connectivity index (χ0) is 31.4. The molecule has 0 radical (unpaired) electrons. The normalized spacial score (nSPS) is 13.9. The molecule has 0 saturated heterocycles. The van der Waals surface area contributed by atoms with Gasteiger partial charge in [0.2, 0.25) is 23.6 Å². The average Bonchev–Trinajstić information content (AvgIpc) is 3.64. The van der Waals surface area contributed by atoms with Crippen LogP contribution in [0.5, 0.6) is 0 Å². The summed E-state index contributed by atoms with van der Waals surface area (Å²) in [6, 6.07) is 2.73. The number of imidazole rings is 1. The fraction of sp³-hybridized carbons (Fsp3) is 0.429. The average molecular weight is 598 g/mol. The van der Waals surface area contributed by atoms with Gasteiger partial charge in [0.1, 0.15) is 18.1 Å². The molecule has 4 unspecified atom stereocenters. The van der Waals surface area contributed by atoms with E-state index in [-0.39, 0.29) is 32.1 Å². The Kier molecular flexibility index (Phi) is 12.2. The monoisotopic (exact) mass is 597 g/mol. The number of carboxylic acids is 1. The van der Waals surface area contributed by atoms with Crippen LogP contribution in [0.3, 0.4) is 0 Å². The van der Waals surface area contributed by atoms with Crippen LogP contribution in [0.15, 0.2) is 43.0 Å². The summed E-state index contributed by atoms with van der Waals surface area (Å²) in [4.78, 5) is 72.9. The third kappa shape index (κ3) is 9.93. The number of carbonyl (C=O) groups is 5. The van der Waals surface area contributed by atoms with Crippen LogP contribution in [-0.4, -0.2) is 80.4 Å². The number of hydrogen-bond acceptors (Lipinski definition) is 8. The number of amides is 4. The number of H-pyrrole nitrogens is 2. The molecule has 12 N–H and O–H groups in total. The molecule has 0 bridgehead atoms. The van der Waals surface area contributed by atoms with Crippen molar-refractivity contribution < 1.29 is 29.1 Å². The quantitative estimate of drug-likeness (QED) is 0.0807. The molecule has 2 heterocycles. The molecule has 1 aromatic carbocycles. The van der Waals surface area contributed by atoms with Crippen molar-refractivity contribution in [3.63, 3.8) is 0 Å². The van der Waals surface area contributed by atoms with E-state index in [1.807, 2.05) is 24.3 Å². The molecule has 0 spiro atoms. The molecule has 4 amide bonds. The van der Waals surface area contributed by atoms with Gasteiger partial charge in [0.25, 0.3) is 0 Å². The molecular weight excluding hydrogens is 558 g/mol. The van der Waals surface area contributed by atoms with E-state index in [2.05, 4.69) is 30.9 Å². The van der Waals surface area contributed by atoms with E-state index in [9.17, 15) is 29.1 Å². The number of rotatable bonds is 18. The van der Waals surface area contributed by atoms with Gasteiger partial charge >= 0.3 is 5.97 Å². The molecule has 15 heteroatoms. The molecule has 43 heavy (non-hydrogen) atoms. The number of para-hydroxylation sites is 1. The minimum Gasteiger partial charge on any atom is -0.480 e. The number of nitrogens with zero attached hydrogens (tertiary/aromatic N) is 1. The summed E-state index contributed by atoms with van der Waals surface area (Å²) in [5, 5.41) is 18.3. The number of hydrogen-bond donors (Lipinski definition) is 9. The molecule has 0 aliphatic carbocycles. The van der Waals surface area contributed by atoms with Crippen molar-refractivity contribution in [2.24, 2.45) is 17.2 Å². The zero-order valence-corrected chi connectivity index (χ0v) is 23.7. The second kappa shape index (κ2) is 16.0. The Morgan fingerprint density at radius 1 is 0.884 bits per heavy atom. The predicted molar refractivity (Wildman–Crippen MR) is 157 cm³/mol. The Morgan fingerprint density at radius 3 is 2.21 bits per heavy atom. The molecule has 3 rings (SSSR count). The van der Waals surface area contributed by atoms with Gasteiger partial charge in [0.05, 0.1) is 12.4 Å². The van der Waals surface area contributed by atoms with E-state index in [0.29, 0.717) is 25.1 Å². The molecule has 4 atom stereocenters. The zero-order valence-electron chi connectivity index (χ0n) is 23.7. The highest BCUT2D eigenvalue weighted by atomic mass is 16.4. The highest BCUT2D eigenvalue weighted by molar-refractivity contribution is 5.95. The highest BCUT2D eigenvalue weighted by Crippen LogP contribution is 2.19. The topological polar surface area (TPSA) is 264 Å². The van der Waals surface area contributed by atoms with Gasteiger partial charge < -0.3 is 48.2 Å². The van der Waals surface area contributed by atoms with Crippen LogP contribution in [-0.2, 0) is 36.8 Å². The number of nitrogens with one attached hydrogen (secondary N) is 5. The number of primary amides is 1. The molecule has 15 nitrogen and oxygen atoms in total. The number of fused-ring (bicyclic) bond motifs is 1. The van der Waals surface area contributed by atoms with Crippen LogP contribution in [0.4, 0.5) is 0 Å². The second-order valence-electron chi connectivity index (χ2n) is 10.3. The Balaban J connectivity index is 1.84. The lowest BCUT2D eigenvalue weighted by atomic mass is 10.0. The minimum atomic E-state index is -1.22. The molecule has 3 aromatic rings. The molecular formula is C28H39N9O6. The van der Waals surface area contributed by atoms with Crippen molar-refractivity contribution in [2.75, 3.05) is 6.54 Å². The van der Waals surface area contributed by atoms with Gasteiger partial charge in [-0.05, 0) is 43.9 Å². The van der Waals surface area contributed by atoms with Crippen LogP contribution in [0.25, 0.3) is 10.9 Å². The van der Waals surface area contributed by atoms with Crippen molar-refractivity contribution in [2.45, 2.75) is 69.1 Å². The van der Waals surface area contributed by atoms with Crippen molar-refractivity contribution in [3.8, 4) is 0 Å². The number of benzene rings is 1. The summed E-state index contributed by atoms with van der Waals surface area (Å²) in [5.74, 6) is -3.94. The van der Waals surface area contributed by atoms with Crippen LogP contribution in [0, 0.1) is 0 Å². The van der Waals surface area contributed by atoms with Crippen molar-refractivity contribution >= 4 is 40.5 Å². The summed E-state index contributed by atoms with van der Waals surface area (Å²) >= 11 is 0. The Morgan fingerprint density at radius 2 is 1.56 bits per heavy atom. The lowest BCUT2D eigenvalue weighted by Gasteiger charge is -2.25. The summed E-state index contributed by atoms with van der Waals surface area (Å²) in [6.07, 6.45) is 5.72. The van der Waals surface area contributed by atoms with Crippen LogP contribution < -0.4 is 33.2 Å². The number of aromatic amines is 2. The predicted octanol–water partition coefficient (Wildman–Crippen LogP) is -1.06. The highest BCUT2D eigenvalue weighted by Gasteiger charge is 2.31. The third-order valence-corrected chi connectivity index (χ3v) is 6.94. The summed E-state index contributed by atoms with van der Waals surface area (Å²) in [6.45, 7) is 0.383. The second-order valence-corrected chi connectivity index (χ2v) is 10.3. The number of aromatic nitrogens is 3. The molecule has 2 aromatic heterocycles. The van der Waals surface area contributed by atoms with Gasteiger partial charge in [-0.25, -0.2) is 9.78 Å². The van der Waals surface area contributed by atoms with Crippen molar-refractivity contribution in [1.82, 2.24) is 30.9 Å². The van der Waals surface area contributed by atoms with E-state index in [1.54, 1.807) is 6.20 Å². The Bertz CT molecular complexity index is 1390. The number of nitrogens with two attached hydrogens (primary N) is 3. The SMILES string of the molecule is NCCCCC(NC(=O)C(Cc1cnc[nH]1)NC(=O)C(Cc1c[nH]c2ccccc12)NC(=O)C(N)CCC(N)=O)C(=O)O. The minimum absolute atomic E-state index is 0.0197. The number of carbonyl (C=O) groups excluding carboxylic acids is 4. The molecule has 232 valence electrons. The first kappa shape index (κ1) is 32.8. The Hall–Kier alpha value is -4.76. The van der Waals surface area contributed by atoms with Crippen LogP contribution >= 0.6 is 0 Å². The number of unbranched alkanes of at least 4 members (excludes halogenated alkanes) is 1. The lowest BCUT2D eigenvalue weighted by molar-refractivity contribution is -0.142. The maximum atomic E-state index is 13.7. The van der Waals surface area contributed by atoms with Gasteiger partial charge in [0, 0.05) is 48.3 Å². The van der Waals surface area contributed by atoms with E-state index in [4.69, 9.17) is 17.2 Å². The van der Waals surface area contributed by atoms with Crippen LogP contribution in [0.2, 0.25) is 0 Å². The first-order valence-corrected chi connectivity index (χ1v) is 14.0. The lowest BCUT2D eigenvalue weighted by Crippen LogP contribution is -2.58. The van der Waals surface area contributed by atoms with Gasteiger partial charge in [-0.1, -0.05) is 18.2 Å². The van der Waals surface area contributed by atoms with E-state index < -0.39 is 53.8 Å². The van der Waals surface area contributed by atoms with Gasteiger partial charge in [-0.2, -0.15) is 0 Å². The molecule has 0 saturated carbocycles. The van der Waals surface area contributed by atoms with Crippen molar-refractivity contribution in [3.05, 3.63) is 54.2 Å². The fourth-order valence-corrected chi connectivity index (χ4v) is 4.56. The van der Waals surface area contributed by atoms with Crippen LogP contribution in [0.1, 0.15) is 43.4 Å². The van der Waals surface area contributed by atoms with Gasteiger partial charge in [-0.3, -0.25) is 19.2 Å². The first-order valence-electron chi connectivity index (χ1n) is 14.0. The largest absolute Gasteiger partial charge is 0.480 e. The van der Waals surface area contributed by atoms with Crippen molar-refractivity contribution in [1.29, 1.82) is 0 Å². The summed E-state index contributed by atoms with van der Waals surface area (Å²) < 4.78 is 0. The van der Waals surface area contributed by atoms with Gasteiger partial charge in [-0.15, -0.1) is 0 Å². The molecule has 0 aliphatic rings. The fourth-order valence-electron chi connectivity index (χ4n) is 4.56. The summed E-state index contributed by atoms with van der Waals surface area (Å²) in [5.41, 5.74) is 18.7. The Labute approximate surface area is 247 Å².